The largest absolute Gasteiger partial charge is 0.357 e. The lowest BCUT2D eigenvalue weighted by molar-refractivity contribution is 0.0718. The first kappa shape index (κ1) is 17.8. The van der Waals surface area contributed by atoms with Gasteiger partial charge in [0, 0.05) is 42.7 Å². The predicted molar refractivity (Wildman–Crippen MR) is 113 cm³/mol. The van der Waals surface area contributed by atoms with Crippen molar-refractivity contribution in [3.63, 3.8) is 0 Å². The molecule has 7 nitrogen and oxygen atoms in total. The molecule has 0 saturated carbocycles. The van der Waals surface area contributed by atoms with Crippen LogP contribution in [0, 0.1) is 0 Å². The van der Waals surface area contributed by atoms with Crippen LogP contribution in [0.3, 0.4) is 0 Å². The van der Waals surface area contributed by atoms with Gasteiger partial charge in [-0.05, 0) is 25.0 Å². The van der Waals surface area contributed by atoms with Gasteiger partial charge in [0.25, 0.3) is 5.91 Å². The van der Waals surface area contributed by atoms with Gasteiger partial charge in [-0.3, -0.25) is 9.78 Å². The Kier molecular flexibility index (Phi) is 4.69. The number of pyridine rings is 1. The van der Waals surface area contributed by atoms with Crippen molar-refractivity contribution in [2.45, 2.75) is 18.9 Å². The Morgan fingerprint density at radius 2 is 1.83 bits per heavy atom. The Labute approximate surface area is 172 Å². The van der Waals surface area contributed by atoms with E-state index in [2.05, 4.69) is 20.4 Å². The number of benzene rings is 1. The lowest BCUT2D eigenvalue weighted by Crippen LogP contribution is -2.42. The lowest BCUT2D eigenvalue weighted by atomic mass is 10.0. The monoisotopic (exact) mass is 404 g/mol. The van der Waals surface area contributed by atoms with E-state index in [0.29, 0.717) is 11.6 Å². The highest BCUT2D eigenvalue weighted by atomic mass is 32.1. The van der Waals surface area contributed by atoms with Crippen LogP contribution in [0.1, 0.15) is 23.2 Å². The van der Waals surface area contributed by atoms with E-state index < -0.39 is 0 Å². The number of anilines is 1. The number of carbonyl (C=O) groups excluding carboxylic acids is 1. The molecule has 1 aliphatic rings. The van der Waals surface area contributed by atoms with Gasteiger partial charge in [-0.15, -0.1) is 5.10 Å². The van der Waals surface area contributed by atoms with Crippen LogP contribution in [0.2, 0.25) is 0 Å². The van der Waals surface area contributed by atoms with Gasteiger partial charge < -0.3 is 10.2 Å². The summed E-state index contributed by atoms with van der Waals surface area (Å²) >= 11 is 1.55. The molecule has 0 radical (unpaired) electrons. The quantitative estimate of drug-likeness (QED) is 0.563. The highest BCUT2D eigenvalue weighted by Crippen LogP contribution is 2.26. The number of fused-ring (bicyclic) bond motifs is 1. The van der Waals surface area contributed by atoms with Gasteiger partial charge in [0.15, 0.2) is 0 Å². The van der Waals surface area contributed by atoms with Crippen molar-refractivity contribution in [3.8, 4) is 11.3 Å². The van der Waals surface area contributed by atoms with Crippen molar-refractivity contribution < 1.29 is 4.79 Å². The maximum absolute atomic E-state index is 12.6. The van der Waals surface area contributed by atoms with E-state index >= 15 is 0 Å². The SMILES string of the molecule is O=C(c1ccncc1)N1CCC(Nc2nn3cc(-c4ccccc4)nc3s2)CC1. The number of amides is 1. The van der Waals surface area contributed by atoms with E-state index in [0.717, 1.165) is 47.3 Å². The molecule has 0 unspecified atom stereocenters. The molecule has 1 saturated heterocycles. The minimum Gasteiger partial charge on any atom is -0.357 e. The van der Waals surface area contributed by atoms with E-state index in [9.17, 15) is 4.79 Å². The van der Waals surface area contributed by atoms with E-state index in [1.165, 1.54) is 0 Å². The number of likely N-dealkylation sites (tertiary alicyclic amines) is 1. The summed E-state index contributed by atoms with van der Waals surface area (Å²) in [5, 5.41) is 9.01. The minimum atomic E-state index is 0.0759. The van der Waals surface area contributed by atoms with E-state index in [1.807, 2.05) is 45.9 Å². The van der Waals surface area contributed by atoms with Crippen molar-refractivity contribution in [2.75, 3.05) is 18.4 Å². The Balaban J connectivity index is 1.21. The van der Waals surface area contributed by atoms with Gasteiger partial charge in [0.05, 0.1) is 11.9 Å². The Hall–Kier alpha value is -3.26. The molecule has 1 aliphatic heterocycles. The number of imidazole rings is 1. The van der Waals surface area contributed by atoms with Gasteiger partial charge in [0.2, 0.25) is 10.1 Å². The van der Waals surface area contributed by atoms with Crippen LogP contribution in [0.5, 0.6) is 0 Å². The zero-order chi connectivity index (χ0) is 19.6. The molecule has 146 valence electrons. The number of piperidine rings is 1. The first-order chi connectivity index (χ1) is 14.3. The van der Waals surface area contributed by atoms with Crippen molar-refractivity contribution in [2.24, 2.45) is 0 Å². The van der Waals surface area contributed by atoms with Gasteiger partial charge in [-0.25, -0.2) is 9.50 Å². The fourth-order valence-corrected chi connectivity index (χ4v) is 4.44. The third-order valence-corrected chi connectivity index (χ3v) is 6.00. The topological polar surface area (TPSA) is 75.4 Å². The van der Waals surface area contributed by atoms with E-state index in [-0.39, 0.29) is 5.91 Å². The number of carbonyl (C=O) groups is 1. The summed E-state index contributed by atoms with van der Waals surface area (Å²) in [5.74, 6) is 0.0759. The second kappa shape index (κ2) is 7.63. The molecule has 1 N–H and O–H groups in total. The van der Waals surface area contributed by atoms with Crippen LogP contribution < -0.4 is 5.32 Å². The van der Waals surface area contributed by atoms with Crippen LogP contribution in [0.25, 0.3) is 16.2 Å². The molecule has 1 aromatic carbocycles. The third kappa shape index (κ3) is 3.71. The molecule has 0 atom stereocenters. The first-order valence-electron chi connectivity index (χ1n) is 9.64. The fourth-order valence-electron chi connectivity index (χ4n) is 3.59. The van der Waals surface area contributed by atoms with Crippen molar-refractivity contribution in [1.82, 2.24) is 24.5 Å². The highest BCUT2D eigenvalue weighted by molar-refractivity contribution is 7.20. The second-order valence-electron chi connectivity index (χ2n) is 7.07. The van der Waals surface area contributed by atoms with Crippen LogP contribution in [0.15, 0.2) is 61.1 Å². The zero-order valence-corrected chi connectivity index (χ0v) is 16.5. The molecule has 0 bridgehead atoms. The van der Waals surface area contributed by atoms with Crippen LogP contribution in [0.4, 0.5) is 5.13 Å². The smallest absolute Gasteiger partial charge is 0.253 e. The molecule has 1 amide bonds. The molecule has 3 aromatic heterocycles. The zero-order valence-electron chi connectivity index (χ0n) is 15.7. The Morgan fingerprint density at radius 3 is 2.55 bits per heavy atom. The molecule has 0 spiro atoms. The summed E-state index contributed by atoms with van der Waals surface area (Å²) in [6.07, 6.45) is 7.07. The van der Waals surface area contributed by atoms with E-state index in [1.54, 1.807) is 35.9 Å². The predicted octanol–water partition coefficient (Wildman–Crippen LogP) is 3.57. The molecule has 8 heteroatoms. The summed E-state index contributed by atoms with van der Waals surface area (Å²) in [4.78, 5) is 24.0. The number of aromatic nitrogens is 4. The van der Waals surface area contributed by atoms with Gasteiger partial charge in [0.1, 0.15) is 0 Å². The number of nitrogens with one attached hydrogen (secondary N) is 1. The minimum absolute atomic E-state index is 0.0759. The highest BCUT2D eigenvalue weighted by Gasteiger charge is 2.24. The van der Waals surface area contributed by atoms with Crippen LogP contribution >= 0.6 is 11.3 Å². The molecule has 4 aromatic rings. The maximum Gasteiger partial charge on any atom is 0.253 e. The number of rotatable bonds is 4. The average molecular weight is 404 g/mol. The van der Waals surface area contributed by atoms with Crippen LogP contribution in [-0.4, -0.2) is 49.5 Å². The van der Waals surface area contributed by atoms with Gasteiger partial charge >= 0.3 is 0 Å². The molecule has 1 fully saturated rings. The van der Waals surface area contributed by atoms with Crippen molar-refractivity contribution >= 4 is 27.3 Å². The molecule has 29 heavy (non-hydrogen) atoms. The Morgan fingerprint density at radius 1 is 1.07 bits per heavy atom. The summed E-state index contributed by atoms with van der Waals surface area (Å²) in [6.45, 7) is 1.47. The molecule has 5 rings (SSSR count). The standard InChI is InChI=1S/C21H20N6OS/c28-19(16-6-10-22-11-7-16)26-12-8-17(9-13-26)23-20-25-27-14-18(24-21(27)29-20)15-4-2-1-3-5-15/h1-7,10-11,14,17H,8-9,12-13H2,(H,23,25). The Bertz CT molecular complexity index is 1080. The number of hydrogen-bond acceptors (Lipinski definition) is 6. The average Bonchev–Trinajstić information content (AvgIpc) is 3.34. The third-order valence-electron chi connectivity index (χ3n) is 5.15. The summed E-state index contributed by atoms with van der Waals surface area (Å²) in [6, 6.07) is 14.0. The maximum atomic E-state index is 12.6. The summed E-state index contributed by atoms with van der Waals surface area (Å²) < 4.78 is 1.83. The normalized spacial score (nSPS) is 15.0. The molecule has 0 aliphatic carbocycles. The van der Waals surface area contributed by atoms with Crippen LogP contribution in [-0.2, 0) is 0 Å². The fraction of sp³-hybridized carbons (Fsp3) is 0.238. The lowest BCUT2D eigenvalue weighted by Gasteiger charge is -2.32. The van der Waals surface area contributed by atoms with E-state index in [4.69, 9.17) is 0 Å². The molecular weight excluding hydrogens is 384 g/mol. The summed E-state index contributed by atoms with van der Waals surface area (Å²) in [7, 11) is 0. The summed E-state index contributed by atoms with van der Waals surface area (Å²) in [5.41, 5.74) is 2.71. The van der Waals surface area contributed by atoms with Crippen molar-refractivity contribution in [1.29, 1.82) is 0 Å². The van der Waals surface area contributed by atoms with Gasteiger partial charge in [-0.1, -0.05) is 41.7 Å². The number of nitrogens with zero attached hydrogens (tertiary/aromatic N) is 5. The molecule has 4 heterocycles. The van der Waals surface area contributed by atoms with Crippen molar-refractivity contribution in [3.05, 3.63) is 66.6 Å². The first-order valence-corrected chi connectivity index (χ1v) is 10.5. The number of hydrogen-bond donors (Lipinski definition) is 1. The second-order valence-corrected chi connectivity index (χ2v) is 8.03. The van der Waals surface area contributed by atoms with Gasteiger partial charge in [-0.2, -0.15) is 0 Å². The molecular formula is C21H20N6OS.